The second-order valence-corrected chi connectivity index (χ2v) is 8.76. The van der Waals surface area contributed by atoms with Crippen molar-refractivity contribution >= 4 is 55.1 Å². The summed E-state index contributed by atoms with van der Waals surface area (Å²) in [6.45, 7) is 3.84. The number of carbonyl (C=O) groups excluding carboxylic acids is 1. The van der Waals surface area contributed by atoms with Crippen LogP contribution >= 0.6 is 31.9 Å². The lowest BCUT2D eigenvalue weighted by atomic mass is 10.0. The number of ether oxygens (including phenoxy) is 1. The Hall–Kier alpha value is -2.88. The minimum atomic E-state index is -0.250. The molecule has 3 rings (SSSR count). The SMILES string of the molecule is Cc1ccc(/C(C#N)=C/c2cc(Br)c(OCC(=O)Nc3cccc(C)c3)c(Br)c2)cc1. The molecule has 0 unspecified atom stereocenters. The summed E-state index contributed by atoms with van der Waals surface area (Å²) in [5, 5.41) is 12.4. The molecule has 0 fully saturated rings. The lowest BCUT2D eigenvalue weighted by molar-refractivity contribution is -0.118. The molecule has 6 heteroatoms. The summed E-state index contributed by atoms with van der Waals surface area (Å²) in [5.74, 6) is 0.268. The third-order valence-corrected chi connectivity index (χ3v) is 5.64. The van der Waals surface area contributed by atoms with Gasteiger partial charge in [0.1, 0.15) is 5.75 Å². The van der Waals surface area contributed by atoms with Gasteiger partial charge >= 0.3 is 0 Å². The normalized spacial score (nSPS) is 11.0. The number of anilines is 1. The van der Waals surface area contributed by atoms with Crippen molar-refractivity contribution in [3.63, 3.8) is 0 Å². The van der Waals surface area contributed by atoms with Gasteiger partial charge in [0.15, 0.2) is 6.61 Å². The van der Waals surface area contributed by atoms with Gasteiger partial charge in [-0.25, -0.2) is 0 Å². The molecular weight excluding hydrogens is 520 g/mol. The molecule has 31 heavy (non-hydrogen) atoms. The van der Waals surface area contributed by atoms with E-state index in [-0.39, 0.29) is 12.5 Å². The molecule has 0 aliphatic rings. The number of nitrogens with zero attached hydrogens (tertiary/aromatic N) is 1. The average Bonchev–Trinajstić information content (AvgIpc) is 2.72. The molecule has 0 aromatic heterocycles. The number of amides is 1. The van der Waals surface area contributed by atoms with E-state index in [1.807, 2.05) is 80.6 Å². The van der Waals surface area contributed by atoms with Gasteiger partial charge in [-0.15, -0.1) is 0 Å². The van der Waals surface area contributed by atoms with E-state index in [2.05, 4.69) is 43.2 Å². The van der Waals surface area contributed by atoms with Crippen LogP contribution in [-0.4, -0.2) is 12.5 Å². The molecule has 1 amide bonds. The van der Waals surface area contributed by atoms with Crippen molar-refractivity contribution in [1.82, 2.24) is 0 Å². The predicted octanol–water partition coefficient (Wildman–Crippen LogP) is 6.91. The Morgan fingerprint density at radius 3 is 2.32 bits per heavy atom. The van der Waals surface area contributed by atoms with Gasteiger partial charge in [0.25, 0.3) is 5.91 Å². The second-order valence-electron chi connectivity index (χ2n) is 7.06. The Morgan fingerprint density at radius 1 is 1.03 bits per heavy atom. The molecule has 0 aliphatic carbocycles. The number of hydrogen-bond donors (Lipinski definition) is 1. The zero-order valence-corrected chi connectivity index (χ0v) is 20.2. The van der Waals surface area contributed by atoms with Crippen LogP contribution < -0.4 is 10.1 Å². The zero-order valence-electron chi connectivity index (χ0n) is 17.1. The third kappa shape index (κ3) is 6.30. The maximum absolute atomic E-state index is 12.2. The van der Waals surface area contributed by atoms with E-state index in [4.69, 9.17) is 4.74 Å². The molecular formula is C25H20Br2N2O2. The molecule has 1 N–H and O–H groups in total. The molecule has 0 aliphatic heterocycles. The van der Waals surface area contributed by atoms with Crippen molar-refractivity contribution in [3.05, 3.63) is 91.9 Å². The van der Waals surface area contributed by atoms with Gasteiger partial charge in [-0.05, 0) is 92.7 Å². The maximum atomic E-state index is 12.2. The summed E-state index contributed by atoms with van der Waals surface area (Å²) in [5.41, 5.74) is 5.17. The topological polar surface area (TPSA) is 62.1 Å². The minimum absolute atomic E-state index is 0.132. The molecule has 0 saturated carbocycles. The number of benzene rings is 3. The Morgan fingerprint density at radius 2 is 1.71 bits per heavy atom. The molecule has 0 bridgehead atoms. The Labute approximate surface area is 198 Å². The van der Waals surface area contributed by atoms with Crippen LogP contribution in [0.3, 0.4) is 0 Å². The van der Waals surface area contributed by atoms with Gasteiger partial charge in [-0.2, -0.15) is 5.26 Å². The van der Waals surface area contributed by atoms with E-state index in [0.29, 0.717) is 20.3 Å². The number of hydrogen-bond acceptors (Lipinski definition) is 3. The van der Waals surface area contributed by atoms with Crippen LogP contribution in [0.4, 0.5) is 5.69 Å². The fourth-order valence-corrected chi connectivity index (χ4v) is 4.39. The van der Waals surface area contributed by atoms with Gasteiger partial charge < -0.3 is 10.1 Å². The van der Waals surface area contributed by atoms with Crippen molar-refractivity contribution in [2.45, 2.75) is 13.8 Å². The first-order valence-corrected chi connectivity index (χ1v) is 11.1. The highest BCUT2D eigenvalue weighted by Crippen LogP contribution is 2.36. The highest BCUT2D eigenvalue weighted by molar-refractivity contribution is 9.11. The van der Waals surface area contributed by atoms with E-state index in [1.165, 1.54) is 0 Å². The maximum Gasteiger partial charge on any atom is 0.262 e. The smallest absolute Gasteiger partial charge is 0.262 e. The fourth-order valence-electron chi connectivity index (χ4n) is 2.94. The van der Waals surface area contributed by atoms with Crippen molar-refractivity contribution in [1.29, 1.82) is 5.26 Å². The number of carbonyl (C=O) groups is 1. The quantitative estimate of drug-likeness (QED) is 0.273. The molecule has 0 saturated heterocycles. The highest BCUT2D eigenvalue weighted by atomic mass is 79.9. The summed E-state index contributed by atoms with van der Waals surface area (Å²) in [6, 6.07) is 21.3. The average molecular weight is 540 g/mol. The first kappa shape index (κ1) is 22.8. The largest absolute Gasteiger partial charge is 0.481 e. The third-order valence-electron chi connectivity index (χ3n) is 4.46. The van der Waals surface area contributed by atoms with Gasteiger partial charge in [-0.3, -0.25) is 4.79 Å². The number of halogens is 2. The minimum Gasteiger partial charge on any atom is -0.481 e. The summed E-state index contributed by atoms with van der Waals surface area (Å²) in [6.07, 6.45) is 1.81. The second kappa shape index (κ2) is 10.4. The molecule has 0 heterocycles. The number of nitrogens with one attached hydrogen (secondary N) is 1. The first-order valence-electron chi connectivity index (χ1n) is 9.53. The van der Waals surface area contributed by atoms with Crippen LogP contribution in [0.2, 0.25) is 0 Å². The van der Waals surface area contributed by atoms with Gasteiger partial charge in [-0.1, -0.05) is 42.0 Å². The van der Waals surface area contributed by atoms with Crippen molar-refractivity contribution in [2.75, 3.05) is 11.9 Å². The van der Waals surface area contributed by atoms with Crippen LogP contribution in [-0.2, 0) is 4.79 Å². The van der Waals surface area contributed by atoms with E-state index in [9.17, 15) is 10.1 Å². The lowest BCUT2D eigenvalue weighted by Gasteiger charge is -2.12. The highest BCUT2D eigenvalue weighted by Gasteiger charge is 2.12. The van der Waals surface area contributed by atoms with Crippen LogP contribution in [0.5, 0.6) is 5.75 Å². The van der Waals surface area contributed by atoms with Crippen LogP contribution in [0.15, 0.2) is 69.6 Å². The summed E-state index contributed by atoms with van der Waals surface area (Å²) in [4.78, 5) is 12.2. The van der Waals surface area contributed by atoms with Gasteiger partial charge in [0, 0.05) is 5.69 Å². The summed E-state index contributed by atoms with van der Waals surface area (Å²) < 4.78 is 7.08. The standard InChI is InChI=1S/C25H20Br2N2O2/c1-16-6-8-19(9-7-16)20(14-28)11-18-12-22(26)25(23(27)13-18)31-15-24(30)29-21-5-3-4-17(2)10-21/h3-13H,15H2,1-2H3,(H,29,30)/b20-11+. The Balaban J connectivity index is 1.73. The van der Waals surface area contributed by atoms with E-state index < -0.39 is 0 Å². The Bertz CT molecular complexity index is 1160. The molecule has 0 radical (unpaired) electrons. The van der Waals surface area contributed by atoms with Crippen molar-refractivity contribution in [2.24, 2.45) is 0 Å². The van der Waals surface area contributed by atoms with Crippen molar-refractivity contribution < 1.29 is 9.53 Å². The van der Waals surface area contributed by atoms with E-state index in [1.54, 1.807) is 0 Å². The number of rotatable bonds is 6. The first-order chi connectivity index (χ1) is 14.9. The monoisotopic (exact) mass is 538 g/mol. The zero-order chi connectivity index (χ0) is 22.4. The lowest BCUT2D eigenvalue weighted by Crippen LogP contribution is -2.20. The van der Waals surface area contributed by atoms with Crippen LogP contribution in [0.1, 0.15) is 22.3 Å². The fraction of sp³-hybridized carbons (Fsp3) is 0.120. The van der Waals surface area contributed by atoms with Crippen LogP contribution in [0, 0.1) is 25.2 Å². The van der Waals surface area contributed by atoms with Crippen LogP contribution in [0.25, 0.3) is 11.6 Å². The summed E-state index contributed by atoms with van der Waals surface area (Å²) in [7, 11) is 0. The number of aryl methyl sites for hydroxylation is 2. The number of nitriles is 1. The number of allylic oxidation sites excluding steroid dienone is 1. The molecule has 3 aromatic carbocycles. The van der Waals surface area contributed by atoms with Gasteiger partial charge in [0.05, 0.1) is 20.6 Å². The molecule has 0 atom stereocenters. The van der Waals surface area contributed by atoms with E-state index >= 15 is 0 Å². The predicted molar refractivity (Wildman–Crippen MR) is 132 cm³/mol. The molecule has 0 spiro atoms. The van der Waals surface area contributed by atoms with Gasteiger partial charge in [0.2, 0.25) is 0 Å². The summed E-state index contributed by atoms with van der Waals surface area (Å²) >= 11 is 7.01. The Kier molecular flexibility index (Phi) is 7.67. The van der Waals surface area contributed by atoms with E-state index in [0.717, 1.165) is 27.9 Å². The van der Waals surface area contributed by atoms with Crippen molar-refractivity contribution in [3.8, 4) is 11.8 Å². The molecule has 4 nitrogen and oxygen atoms in total. The molecule has 156 valence electrons. The molecule has 3 aromatic rings.